The predicted octanol–water partition coefficient (Wildman–Crippen LogP) is 2.30. The Hall–Kier alpha value is -1.55. The van der Waals surface area contributed by atoms with Crippen molar-refractivity contribution in [2.45, 2.75) is 19.8 Å². The Morgan fingerprint density at radius 3 is 3.00 bits per heavy atom. The molecule has 0 bridgehead atoms. The standard InChI is InChI=1S/C12H13ClN2O2/c1-2-7-6-11(17)14-15-12(7)8-3-4-10(16)9(13)5-8/h3-5,7,16H,2,6H2,1H3,(H,14,17). The molecule has 4 nitrogen and oxygen atoms in total. The van der Waals surface area contributed by atoms with E-state index in [1.165, 1.54) is 6.07 Å². The van der Waals surface area contributed by atoms with E-state index in [4.69, 9.17) is 11.6 Å². The fourth-order valence-corrected chi connectivity index (χ4v) is 2.06. The average molecular weight is 253 g/mol. The van der Waals surface area contributed by atoms with E-state index in [1.807, 2.05) is 6.92 Å². The molecule has 0 saturated heterocycles. The first-order chi connectivity index (χ1) is 8.11. The van der Waals surface area contributed by atoms with Gasteiger partial charge in [-0.25, -0.2) is 5.43 Å². The summed E-state index contributed by atoms with van der Waals surface area (Å²) >= 11 is 5.86. The Morgan fingerprint density at radius 1 is 1.59 bits per heavy atom. The topological polar surface area (TPSA) is 61.7 Å². The first-order valence-electron chi connectivity index (χ1n) is 5.47. The van der Waals surface area contributed by atoms with Crippen LogP contribution in [0.15, 0.2) is 23.3 Å². The quantitative estimate of drug-likeness (QED) is 0.848. The molecule has 1 heterocycles. The molecule has 0 fully saturated rings. The monoisotopic (exact) mass is 252 g/mol. The number of hydrogen-bond donors (Lipinski definition) is 2. The summed E-state index contributed by atoms with van der Waals surface area (Å²) in [5.74, 6) is 0.0822. The zero-order chi connectivity index (χ0) is 12.4. The summed E-state index contributed by atoms with van der Waals surface area (Å²) < 4.78 is 0. The van der Waals surface area contributed by atoms with Gasteiger partial charge in [0.15, 0.2) is 0 Å². The Morgan fingerprint density at radius 2 is 2.35 bits per heavy atom. The van der Waals surface area contributed by atoms with Crippen LogP contribution in [0, 0.1) is 5.92 Å². The van der Waals surface area contributed by atoms with Crippen molar-refractivity contribution in [3.05, 3.63) is 28.8 Å². The molecular weight excluding hydrogens is 240 g/mol. The van der Waals surface area contributed by atoms with Crippen molar-refractivity contribution in [1.29, 1.82) is 0 Å². The van der Waals surface area contributed by atoms with Crippen molar-refractivity contribution in [1.82, 2.24) is 5.43 Å². The Bertz CT molecular complexity index is 485. The zero-order valence-electron chi connectivity index (χ0n) is 9.40. The van der Waals surface area contributed by atoms with Crippen LogP contribution in [0.2, 0.25) is 5.02 Å². The maximum atomic E-state index is 11.2. The molecule has 0 saturated carbocycles. The number of benzene rings is 1. The van der Waals surface area contributed by atoms with Gasteiger partial charge in [0.2, 0.25) is 5.91 Å². The molecule has 5 heteroatoms. The molecule has 2 rings (SSSR count). The van der Waals surface area contributed by atoms with E-state index in [9.17, 15) is 9.90 Å². The van der Waals surface area contributed by atoms with Crippen LogP contribution in [0.1, 0.15) is 25.3 Å². The van der Waals surface area contributed by atoms with Crippen molar-refractivity contribution < 1.29 is 9.90 Å². The lowest BCUT2D eigenvalue weighted by atomic mass is 9.90. The Kier molecular flexibility index (Phi) is 3.33. The number of halogens is 1. The first kappa shape index (κ1) is 11.9. The number of aromatic hydroxyl groups is 1. The second-order valence-corrected chi connectivity index (χ2v) is 4.41. The summed E-state index contributed by atoms with van der Waals surface area (Å²) in [6.07, 6.45) is 1.28. The molecular formula is C12H13ClN2O2. The van der Waals surface area contributed by atoms with Crippen LogP contribution in [0.3, 0.4) is 0 Å². The van der Waals surface area contributed by atoms with Crippen molar-refractivity contribution in [3.63, 3.8) is 0 Å². The van der Waals surface area contributed by atoms with E-state index >= 15 is 0 Å². The van der Waals surface area contributed by atoms with E-state index in [1.54, 1.807) is 12.1 Å². The number of phenolic OH excluding ortho intramolecular Hbond substituents is 1. The molecule has 1 atom stereocenters. The van der Waals surface area contributed by atoms with Gasteiger partial charge >= 0.3 is 0 Å². The molecule has 90 valence electrons. The molecule has 1 aromatic carbocycles. The average Bonchev–Trinajstić information content (AvgIpc) is 2.32. The van der Waals surface area contributed by atoms with Gasteiger partial charge in [-0.1, -0.05) is 18.5 Å². The van der Waals surface area contributed by atoms with Crippen molar-refractivity contribution in [2.75, 3.05) is 0 Å². The number of amides is 1. The van der Waals surface area contributed by atoms with Gasteiger partial charge < -0.3 is 5.11 Å². The third kappa shape index (κ3) is 2.42. The minimum atomic E-state index is -0.0644. The van der Waals surface area contributed by atoms with Crippen LogP contribution in [-0.2, 0) is 4.79 Å². The van der Waals surface area contributed by atoms with E-state index in [0.717, 1.165) is 17.7 Å². The smallest absolute Gasteiger partial charge is 0.240 e. The van der Waals surface area contributed by atoms with E-state index in [-0.39, 0.29) is 22.6 Å². The lowest BCUT2D eigenvalue weighted by Gasteiger charge is -2.21. The van der Waals surface area contributed by atoms with Crippen molar-refractivity contribution in [3.8, 4) is 5.75 Å². The van der Waals surface area contributed by atoms with Crippen molar-refractivity contribution in [2.24, 2.45) is 11.0 Å². The Balaban J connectivity index is 2.37. The normalized spacial score (nSPS) is 19.8. The molecule has 17 heavy (non-hydrogen) atoms. The van der Waals surface area contributed by atoms with Crippen LogP contribution in [0.4, 0.5) is 0 Å². The summed E-state index contributed by atoms with van der Waals surface area (Å²) in [6.45, 7) is 2.01. The highest BCUT2D eigenvalue weighted by molar-refractivity contribution is 6.32. The van der Waals surface area contributed by atoms with Gasteiger partial charge in [0, 0.05) is 12.3 Å². The second kappa shape index (κ2) is 4.75. The lowest BCUT2D eigenvalue weighted by molar-refractivity contribution is -0.122. The van der Waals surface area contributed by atoms with Crippen LogP contribution >= 0.6 is 11.6 Å². The summed E-state index contributed by atoms with van der Waals surface area (Å²) in [4.78, 5) is 11.2. The van der Waals surface area contributed by atoms with Crippen molar-refractivity contribution >= 4 is 23.2 Å². The SMILES string of the molecule is CCC1CC(=O)NN=C1c1ccc(O)c(Cl)c1. The van der Waals surface area contributed by atoms with Gasteiger partial charge in [-0.15, -0.1) is 0 Å². The zero-order valence-corrected chi connectivity index (χ0v) is 10.2. The van der Waals surface area contributed by atoms with Gasteiger partial charge in [0.05, 0.1) is 10.7 Å². The number of nitrogens with zero attached hydrogens (tertiary/aromatic N) is 1. The molecule has 1 unspecified atom stereocenters. The highest BCUT2D eigenvalue weighted by Gasteiger charge is 2.24. The van der Waals surface area contributed by atoms with Crippen LogP contribution in [0.25, 0.3) is 0 Å². The van der Waals surface area contributed by atoms with E-state index < -0.39 is 0 Å². The molecule has 0 aliphatic carbocycles. The number of rotatable bonds is 2. The Labute approximate surface area is 104 Å². The maximum Gasteiger partial charge on any atom is 0.240 e. The summed E-state index contributed by atoms with van der Waals surface area (Å²) in [5.41, 5.74) is 4.12. The molecule has 0 aromatic heterocycles. The highest BCUT2D eigenvalue weighted by atomic mass is 35.5. The molecule has 1 aromatic rings. The van der Waals surface area contributed by atoms with Gasteiger partial charge in [0.25, 0.3) is 0 Å². The lowest BCUT2D eigenvalue weighted by Crippen LogP contribution is -2.33. The fourth-order valence-electron chi connectivity index (χ4n) is 1.88. The summed E-state index contributed by atoms with van der Waals surface area (Å²) in [7, 11) is 0. The molecule has 1 aliphatic rings. The molecule has 2 N–H and O–H groups in total. The second-order valence-electron chi connectivity index (χ2n) is 4.01. The van der Waals surface area contributed by atoms with Gasteiger partial charge in [-0.2, -0.15) is 5.10 Å². The number of carbonyl (C=O) groups excluding carboxylic acids is 1. The minimum absolute atomic E-state index is 0.0453. The molecule has 0 radical (unpaired) electrons. The van der Waals surface area contributed by atoms with E-state index in [2.05, 4.69) is 10.5 Å². The minimum Gasteiger partial charge on any atom is -0.506 e. The number of nitrogens with one attached hydrogen (secondary N) is 1. The number of carbonyl (C=O) groups is 1. The van der Waals surface area contributed by atoms with E-state index in [0.29, 0.717) is 6.42 Å². The van der Waals surface area contributed by atoms with Gasteiger partial charge in [-0.3, -0.25) is 4.79 Å². The molecule has 0 spiro atoms. The highest BCUT2D eigenvalue weighted by Crippen LogP contribution is 2.27. The largest absolute Gasteiger partial charge is 0.506 e. The summed E-state index contributed by atoms with van der Waals surface area (Å²) in [6, 6.07) is 4.94. The van der Waals surface area contributed by atoms with Crippen LogP contribution in [-0.4, -0.2) is 16.7 Å². The number of hydrazone groups is 1. The first-order valence-corrected chi connectivity index (χ1v) is 5.85. The van der Waals surface area contributed by atoms with Gasteiger partial charge in [0.1, 0.15) is 5.75 Å². The number of hydrogen-bond acceptors (Lipinski definition) is 3. The maximum absolute atomic E-state index is 11.2. The van der Waals surface area contributed by atoms with Crippen LogP contribution < -0.4 is 5.43 Å². The van der Waals surface area contributed by atoms with Gasteiger partial charge in [-0.05, 0) is 30.2 Å². The van der Waals surface area contributed by atoms with Crippen LogP contribution in [0.5, 0.6) is 5.75 Å². The number of phenols is 1. The fraction of sp³-hybridized carbons (Fsp3) is 0.333. The third-order valence-corrected chi connectivity index (χ3v) is 3.16. The third-order valence-electron chi connectivity index (χ3n) is 2.86. The predicted molar refractivity (Wildman–Crippen MR) is 66.2 cm³/mol. The summed E-state index contributed by atoms with van der Waals surface area (Å²) in [5, 5.41) is 13.7. The molecule has 1 amide bonds. The molecule has 1 aliphatic heterocycles.